The van der Waals surface area contributed by atoms with E-state index in [-0.39, 0.29) is 18.3 Å². The van der Waals surface area contributed by atoms with Crippen molar-refractivity contribution >= 4 is 11.5 Å². The van der Waals surface area contributed by atoms with Crippen molar-refractivity contribution in [1.29, 1.82) is 0 Å². The number of aliphatic hydroxyl groups is 1. The fraction of sp³-hybridized carbons (Fsp3) is 0.636. The number of nitrogen functional groups attached to an aromatic ring is 1. The van der Waals surface area contributed by atoms with E-state index in [9.17, 15) is 5.11 Å². The first-order chi connectivity index (χ1) is 8.02. The second-order valence-electron chi connectivity index (χ2n) is 4.86. The SMILES string of the molecule is CC1(C)CN(c2ncncc2N)CC(CO)O1. The third-order valence-corrected chi connectivity index (χ3v) is 2.70. The van der Waals surface area contributed by atoms with E-state index in [1.807, 2.05) is 18.7 Å². The lowest BCUT2D eigenvalue weighted by Gasteiger charge is -2.43. The van der Waals surface area contributed by atoms with Crippen LogP contribution in [-0.2, 0) is 4.74 Å². The van der Waals surface area contributed by atoms with Crippen LogP contribution >= 0.6 is 0 Å². The molecule has 3 N–H and O–H groups in total. The fourth-order valence-corrected chi connectivity index (χ4v) is 2.15. The van der Waals surface area contributed by atoms with Crippen molar-refractivity contribution in [2.45, 2.75) is 25.6 Å². The minimum atomic E-state index is -0.330. The predicted molar refractivity (Wildman–Crippen MR) is 64.7 cm³/mol. The summed E-state index contributed by atoms with van der Waals surface area (Å²) in [6.45, 7) is 5.23. The average Bonchev–Trinajstić information content (AvgIpc) is 2.27. The molecule has 1 aliphatic rings. The molecule has 0 spiro atoms. The zero-order valence-corrected chi connectivity index (χ0v) is 10.1. The molecule has 2 heterocycles. The quantitative estimate of drug-likeness (QED) is 0.756. The van der Waals surface area contributed by atoms with Crippen LogP contribution in [-0.4, -0.2) is 46.5 Å². The van der Waals surface area contributed by atoms with Crippen molar-refractivity contribution in [1.82, 2.24) is 9.97 Å². The van der Waals surface area contributed by atoms with E-state index < -0.39 is 0 Å². The fourth-order valence-electron chi connectivity index (χ4n) is 2.15. The molecule has 1 unspecified atom stereocenters. The summed E-state index contributed by atoms with van der Waals surface area (Å²) in [5, 5.41) is 9.24. The lowest BCUT2D eigenvalue weighted by molar-refractivity contribution is -0.101. The Labute approximate surface area is 100 Å². The number of rotatable bonds is 2. The van der Waals surface area contributed by atoms with Gasteiger partial charge in [-0.05, 0) is 13.8 Å². The van der Waals surface area contributed by atoms with Gasteiger partial charge in [-0.3, -0.25) is 0 Å². The zero-order chi connectivity index (χ0) is 12.5. The first kappa shape index (κ1) is 12.1. The predicted octanol–water partition coefficient (Wildman–Crippen LogP) is 0.0349. The van der Waals surface area contributed by atoms with Gasteiger partial charge in [-0.2, -0.15) is 0 Å². The van der Waals surface area contributed by atoms with Gasteiger partial charge in [-0.25, -0.2) is 9.97 Å². The Morgan fingerprint density at radius 2 is 2.41 bits per heavy atom. The maximum absolute atomic E-state index is 9.24. The molecule has 94 valence electrons. The molecule has 0 bridgehead atoms. The molecule has 1 aliphatic heterocycles. The number of hydrogen-bond donors (Lipinski definition) is 2. The second-order valence-corrected chi connectivity index (χ2v) is 4.86. The molecule has 0 amide bonds. The van der Waals surface area contributed by atoms with Crippen molar-refractivity contribution in [3.05, 3.63) is 12.5 Å². The van der Waals surface area contributed by atoms with Crippen molar-refractivity contribution in [2.75, 3.05) is 30.3 Å². The summed E-state index contributed by atoms with van der Waals surface area (Å²) >= 11 is 0. The molecule has 1 aromatic heterocycles. The van der Waals surface area contributed by atoms with Crippen LogP contribution in [0.1, 0.15) is 13.8 Å². The molecule has 0 saturated carbocycles. The van der Waals surface area contributed by atoms with E-state index >= 15 is 0 Å². The van der Waals surface area contributed by atoms with E-state index in [1.54, 1.807) is 6.20 Å². The number of aromatic nitrogens is 2. The van der Waals surface area contributed by atoms with E-state index in [2.05, 4.69) is 9.97 Å². The molecule has 2 rings (SSSR count). The van der Waals surface area contributed by atoms with Gasteiger partial charge >= 0.3 is 0 Å². The van der Waals surface area contributed by atoms with E-state index in [0.29, 0.717) is 24.6 Å². The molecular formula is C11H18N4O2. The summed E-state index contributed by atoms with van der Waals surface area (Å²) in [7, 11) is 0. The van der Waals surface area contributed by atoms with Crippen LogP contribution < -0.4 is 10.6 Å². The van der Waals surface area contributed by atoms with Crippen LogP contribution in [0.15, 0.2) is 12.5 Å². The van der Waals surface area contributed by atoms with Gasteiger partial charge < -0.3 is 20.5 Å². The minimum absolute atomic E-state index is 0.00901. The molecule has 6 heteroatoms. The van der Waals surface area contributed by atoms with Crippen molar-refractivity contribution in [3.8, 4) is 0 Å². The standard InChI is InChI=1S/C11H18N4O2/c1-11(2)6-15(4-8(5-16)17-11)10-9(12)3-13-7-14-10/h3,7-8,16H,4-6,12H2,1-2H3. The Hall–Kier alpha value is -1.40. The maximum atomic E-state index is 9.24. The minimum Gasteiger partial charge on any atom is -0.394 e. The van der Waals surface area contributed by atoms with E-state index in [1.165, 1.54) is 6.33 Å². The van der Waals surface area contributed by atoms with Crippen molar-refractivity contribution in [2.24, 2.45) is 0 Å². The largest absolute Gasteiger partial charge is 0.394 e. The molecule has 0 aromatic carbocycles. The highest BCUT2D eigenvalue weighted by molar-refractivity contribution is 5.61. The highest BCUT2D eigenvalue weighted by Crippen LogP contribution is 2.27. The van der Waals surface area contributed by atoms with Gasteiger partial charge in [0.05, 0.1) is 30.2 Å². The second kappa shape index (κ2) is 4.46. The van der Waals surface area contributed by atoms with Crippen LogP contribution in [0.3, 0.4) is 0 Å². The Kier molecular flexibility index (Phi) is 3.17. The average molecular weight is 238 g/mol. The van der Waals surface area contributed by atoms with Crippen LogP contribution in [0, 0.1) is 0 Å². The Morgan fingerprint density at radius 1 is 1.65 bits per heavy atom. The monoisotopic (exact) mass is 238 g/mol. The lowest BCUT2D eigenvalue weighted by Crippen LogP contribution is -2.54. The van der Waals surface area contributed by atoms with Crippen LogP contribution in [0.4, 0.5) is 11.5 Å². The number of anilines is 2. The summed E-state index contributed by atoms with van der Waals surface area (Å²) in [6, 6.07) is 0. The normalized spacial score (nSPS) is 23.7. The number of nitrogens with zero attached hydrogens (tertiary/aromatic N) is 3. The number of hydrogen-bond acceptors (Lipinski definition) is 6. The molecule has 1 atom stereocenters. The van der Waals surface area contributed by atoms with Gasteiger partial charge in [-0.15, -0.1) is 0 Å². The first-order valence-corrected chi connectivity index (χ1v) is 5.61. The molecule has 1 aromatic rings. The zero-order valence-electron chi connectivity index (χ0n) is 10.1. The van der Waals surface area contributed by atoms with Gasteiger partial charge in [0.15, 0.2) is 5.82 Å². The lowest BCUT2D eigenvalue weighted by atomic mass is 10.1. The Balaban J connectivity index is 2.24. The maximum Gasteiger partial charge on any atom is 0.155 e. The Morgan fingerprint density at radius 3 is 3.06 bits per heavy atom. The first-order valence-electron chi connectivity index (χ1n) is 5.61. The molecule has 0 aliphatic carbocycles. The summed E-state index contributed by atoms with van der Waals surface area (Å²) < 4.78 is 5.74. The Bertz CT molecular complexity index is 397. The highest BCUT2D eigenvalue weighted by atomic mass is 16.5. The summed E-state index contributed by atoms with van der Waals surface area (Å²) in [4.78, 5) is 10.1. The molecular weight excluding hydrogens is 220 g/mol. The van der Waals surface area contributed by atoms with Crippen molar-refractivity contribution < 1.29 is 9.84 Å². The topological polar surface area (TPSA) is 84.5 Å². The summed E-state index contributed by atoms with van der Waals surface area (Å²) in [5.41, 5.74) is 6.07. The summed E-state index contributed by atoms with van der Waals surface area (Å²) in [6.07, 6.45) is 2.84. The third-order valence-electron chi connectivity index (χ3n) is 2.70. The third kappa shape index (κ3) is 2.65. The van der Waals surface area contributed by atoms with Gasteiger partial charge in [0.1, 0.15) is 6.33 Å². The number of morpholine rings is 1. The number of ether oxygens (including phenoxy) is 1. The van der Waals surface area contributed by atoms with Crippen LogP contribution in [0.2, 0.25) is 0 Å². The van der Waals surface area contributed by atoms with E-state index in [0.717, 1.165) is 0 Å². The molecule has 1 fully saturated rings. The molecule has 1 saturated heterocycles. The summed E-state index contributed by atoms with van der Waals surface area (Å²) in [5.74, 6) is 0.704. The molecule has 17 heavy (non-hydrogen) atoms. The van der Waals surface area contributed by atoms with Crippen LogP contribution in [0.25, 0.3) is 0 Å². The van der Waals surface area contributed by atoms with Gasteiger partial charge in [0.25, 0.3) is 0 Å². The van der Waals surface area contributed by atoms with Crippen LogP contribution in [0.5, 0.6) is 0 Å². The van der Waals surface area contributed by atoms with Gasteiger partial charge in [0.2, 0.25) is 0 Å². The number of aliphatic hydroxyl groups excluding tert-OH is 1. The molecule has 6 nitrogen and oxygen atoms in total. The van der Waals surface area contributed by atoms with Gasteiger partial charge in [0, 0.05) is 13.1 Å². The smallest absolute Gasteiger partial charge is 0.155 e. The van der Waals surface area contributed by atoms with Gasteiger partial charge in [-0.1, -0.05) is 0 Å². The number of nitrogens with two attached hydrogens (primary N) is 1. The molecule has 0 radical (unpaired) electrons. The van der Waals surface area contributed by atoms with E-state index in [4.69, 9.17) is 10.5 Å². The van der Waals surface area contributed by atoms with Crippen molar-refractivity contribution in [3.63, 3.8) is 0 Å². The highest BCUT2D eigenvalue weighted by Gasteiger charge is 2.34.